The van der Waals surface area contributed by atoms with E-state index in [2.05, 4.69) is 10.6 Å². The number of nitrogens with one attached hydrogen (secondary N) is 2. The minimum absolute atomic E-state index is 0.0124. The number of ether oxygens (including phenoxy) is 1. The van der Waals surface area contributed by atoms with Crippen molar-refractivity contribution in [1.82, 2.24) is 5.32 Å². The molecule has 0 heterocycles. The summed E-state index contributed by atoms with van der Waals surface area (Å²) >= 11 is 0. The third kappa shape index (κ3) is 3.63. The van der Waals surface area contributed by atoms with E-state index < -0.39 is 6.03 Å². The molecule has 2 N–H and O–H groups in total. The van der Waals surface area contributed by atoms with Gasteiger partial charge in [0, 0.05) is 5.92 Å². The van der Waals surface area contributed by atoms with Crippen molar-refractivity contribution in [1.29, 1.82) is 0 Å². The Morgan fingerprint density at radius 3 is 2.36 bits per heavy atom. The Bertz CT molecular complexity index is 681. The monoisotopic (exact) mass is 296 g/mol. The van der Waals surface area contributed by atoms with Gasteiger partial charge in [0.15, 0.2) is 5.75 Å². The van der Waals surface area contributed by atoms with Gasteiger partial charge in [0.05, 0.1) is 5.69 Å². The highest BCUT2D eigenvalue weighted by Crippen LogP contribution is 2.30. The quantitative estimate of drug-likeness (QED) is 0.906. The summed E-state index contributed by atoms with van der Waals surface area (Å²) in [4.78, 5) is 23.4. The van der Waals surface area contributed by atoms with Crippen molar-refractivity contribution < 1.29 is 14.3 Å². The normalized spacial score (nSPS) is 13.3. The van der Waals surface area contributed by atoms with Gasteiger partial charge >= 0.3 is 6.03 Å². The predicted molar refractivity (Wildman–Crippen MR) is 82.8 cm³/mol. The molecule has 22 heavy (non-hydrogen) atoms. The summed E-state index contributed by atoms with van der Waals surface area (Å²) in [5.41, 5.74) is 0.507. The lowest BCUT2D eigenvalue weighted by molar-refractivity contribution is -0.121. The van der Waals surface area contributed by atoms with Crippen LogP contribution < -0.4 is 15.4 Å². The fourth-order valence-electron chi connectivity index (χ4n) is 1.99. The fraction of sp³-hybridized carbons (Fsp3) is 0.176. The third-order valence-electron chi connectivity index (χ3n) is 3.29. The number of hydrogen-bond donors (Lipinski definition) is 2. The van der Waals surface area contributed by atoms with Gasteiger partial charge in [-0.1, -0.05) is 30.3 Å². The molecule has 0 radical (unpaired) electrons. The van der Waals surface area contributed by atoms with Gasteiger partial charge in [-0.05, 0) is 37.1 Å². The molecule has 0 atom stereocenters. The van der Waals surface area contributed by atoms with E-state index in [9.17, 15) is 9.59 Å². The number of carbonyl (C=O) groups excluding carboxylic acids is 2. The molecule has 0 bridgehead atoms. The number of hydrogen-bond acceptors (Lipinski definition) is 3. The highest BCUT2D eigenvalue weighted by Gasteiger charge is 2.30. The van der Waals surface area contributed by atoms with E-state index in [1.165, 1.54) is 0 Å². The van der Waals surface area contributed by atoms with Crippen LogP contribution in [0.1, 0.15) is 12.8 Å². The second kappa shape index (κ2) is 6.30. The van der Waals surface area contributed by atoms with E-state index in [1.54, 1.807) is 18.2 Å². The van der Waals surface area contributed by atoms with Gasteiger partial charge in [0.2, 0.25) is 5.91 Å². The molecule has 3 rings (SSSR count). The number of anilines is 1. The summed E-state index contributed by atoms with van der Waals surface area (Å²) in [6.07, 6.45) is 1.71. The largest absolute Gasteiger partial charge is 0.455 e. The summed E-state index contributed by atoms with van der Waals surface area (Å²) in [6.45, 7) is 0. The molecular formula is C17H16N2O3. The number of imide groups is 1. The highest BCUT2D eigenvalue weighted by atomic mass is 16.5. The van der Waals surface area contributed by atoms with Crippen molar-refractivity contribution in [3.63, 3.8) is 0 Å². The Morgan fingerprint density at radius 2 is 1.64 bits per heavy atom. The molecule has 0 unspecified atom stereocenters. The molecule has 0 saturated heterocycles. The SMILES string of the molecule is O=C(NC(=O)C1CC1)Nc1ccccc1Oc1ccccc1. The van der Waals surface area contributed by atoms with Crippen molar-refractivity contribution in [2.24, 2.45) is 5.92 Å². The zero-order valence-electron chi connectivity index (χ0n) is 11.9. The number of rotatable bonds is 4. The Balaban J connectivity index is 1.68. The fourth-order valence-corrected chi connectivity index (χ4v) is 1.99. The van der Waals surface area contributed by atoms with Crippen LogP contribution >= 0.6 is 0 Å². The first-order valence-corrected chi connectivity index (χ1v) is 7.16. The van der Waals surface area contributed by atoms with Gasteiger partial charge < -0.3 is 10.1 Å². The van der Waals surface area contributed by atoms with E-state index in [1.807, 2.05) is 36.4 Å². The van der Waals surface area contributed by atoms with Crippen LogP contribution in [0.3, 0.4) is 0 Å². The zero-order chi connectivity index (χ0) is 15.4. The third-order valence-corrected chi connectivity index (χ3v) is 3.29. The van der Waals surface area contributed by atoms with Crippen LogP contribution in [-0.2, 0) is 4.79 Å². The molecular weight excluding hydrogens is 280 g/mol. The van der Waals surface area contributed by atoms with Crippen LogP contribution in [0, 0.1) is 5.92 Å². The van der Waals surface area contributed by atoms with Crippen LogP contribution in [0.15, 0.2) is 54.6 Å². The molecule has 5 heteroatoms. The molecule has 5 nitrogen and oxygen atoms in total. The van der Waals surface area contributed by atoms with Gasteiger partial charge in [-0.15, -0.1) is 0 Å². The first-order valence-electron chi connectivity index (χ1n) is 7.16. The number of urea groups is 1. The van der Waals surface area contributed by atoms with Gasteiger partial charge in [0.25, 0.3) is 0 Å². The Morgan fingerprint density at radius 1 is 0.955 bits per heavy atom. The number of amides is 3. The van der Waals surface area contributed by atoms with Gasteiger partial charge in [-0.25, -0.2) is 4.79 Å². The molecule has 1 aliphatic carbocycles. The first kappa shape index (κ1) is 14.1. The summed E-state index contributed by atoms with van der Waals surface area (Å²) in [5.74, 6) is 0.953. The molecule has 0 aliphatic heterocycles. The molecule has 112 valence electrons. The Hall–Kier alpha value is -2.82. The van der Waals surface area contributed by atoms with Crippen molar-refractivity contribution in [3.8, 4) is 11.5 Å². The van der Waals surface area contributed by atoms with E-state index in [0.29, 0.717) is 17.2 Å². The number of para-hydroxylation sites is 3. The highest BCUT2D eigenvalue weighted by molar-refractivity contribution is 6.03. The average Bonchev–Trinajstić information content (AvgIpc) is 3.35. The smallest absolute Gasteiger partial charge is 0.325 e. The van der Waals surface area contributed by atoms with Crippen molar-refractivity contribution in [2.45, 2.75) is 12.8 Å². The van der Waals surface area contributed by atoms with Gasteiger partial charge in [0.1, 0.15) is 5.75 Å². The lowest BCUT2D eigenvalue weighted by Gasteiger charge is -2.12. The topological polar surface area (TPSA) is 67.4 Å². The molecule has 2 aromatic carbocycles. The van der Waals surface area contributed by atoms with Crippen molar-refractivity contribution in [2.75, 3.05) is 5.32 Å². The van der Waals surface area contributed by atoms with Crippen LogP contribution in [0.2, 0.25) is 0 Å². The molecule has 3 amide bonds. The second-order valence-corrected chi connectivity index (χ2v) is 5.13. The van der Waals surface area contributed by atoms with Crippen LogP contribution in [0.5, 0.6) is 11.5 Å². The van der Waals surface area contributed by atoms with Crippen LogP contribution in [0.4, 0.5) is 10.5 Å². The maximum absolute atomic E-state index is 11.9. The lowest BCUT2D eigenvalue weighted by Crippen LogP contribution is -2.35. The van der Waals surface area contributed by atoms with Crippen LogP contribution in [-0.4, -0.2) is 11.9 Å². The van der Waals surface area contributed by atoms with E-state index in [-0.39, 0.29) is 11.8 Å². The van der Waals surface area contributed by atoms with Gasteiger partial charge in [-0.3, -0.25) is 10.1 Å². The summed E-state index contributed by atoms with van der Waals surface area (Å²) < 4.78 is 5.75. The maximum Gasteiger partial charge on any atom is 0.325 e. The minimum atomic E-state index is -0.541. The summed E-state index contributed by atoms with van der Waals surface area (Å²) in [5, 5.41) is 4.99. The predicted octanol–water partition coefficient (Wildman–Crippen LogP) is 3.54. The van der Waals surface area contributed by atoms with Crippen LogP contribution in [0.25, 0.3) is 0 Å². The molecule has 0 spiro atoms. The summed E-state index contributed by atoms with van der Waals surface area (Å²) in [6, 6.07) is 15.8. The molecule has 0 aromatic heterocycles. The Labute approximate surface area is 128 Å². The lowest BCUT2D eigenvalue weighted by atomic mass is 10.3. The van der Waals surface area contributed by atoms with E-state index >= 15 is 0 Å². The number of benzene rings is 2. The first-order chi connectivity index (χ1) is 10.7. The minimum Gasteiger partial charge on any atom is -0.455 e. The summed E-state index contributed by atoms with van der Waals surface area (Å²) in [7, 11) is 0. The zero-order valence-corrected chi connectivity index (χ0v) is 11.9. The van der Waals surface area contributed by atoms with Gasteiger partial charge in [-0.2, -0.15) is 0 Å². The molecule has 1 aliphatic rings. The second-order valence-electron chi connectivity index (χ2n) is 5.13. The number of carbonyl (C=O) groups is 2. The van der Waals surface area contributed by atoms with Crippen molar-refractivity contribution >= 4 is 17.6 Å². The molecule has 2 aromatic rings. The maximum atomic E-state index is 11.9. The van der Waals surface area contributed by atoms with Crippen molar-refractivity contribution in [3.05, 3.63) is 54.6 Å². The Kier molecular flexibility index (Phi) is 4.05. The average molecular weight is 296 g/mol. The molecule has 1 fully saturated rings. The van der Waals surface area contributed by atoms with E-state index in [0.717, 1.165) is 12.8 Å². The van der Waals surface area contributed by atoms with E-state index in [4.69, 9.17) is 4.74 Å². The molecule has 1 saturated carbocycles. The standard InChI is InChI=1S/C17H16N2O3/c20-16(12-10-11-12)19-17(21)18-14-8-4-5-9-15(14)22-13-6-2-1-3-7-13/h1-9,12H,10-11H2,(H2,18,19,20,21).